The van der Waals surface area contributed by atoms with Crippen molar-refractivity contribution in [3.63, 3.8) is 0 Å². The van der Waals surface area contributed by atoms with Crippen molar-refractivity contribution < 1.29 is 13.2 Å². The van der Waals surface area contributed by atoms with Gasteiger partial charge in [0.1, 0.15) is 0 Å². The van der Waals surface area contributed by atoms with Crippen molar-refractivity contribution >= 4 is 15.9 Å². The van der Waals surface area contributed by atoms with Crippen LogP contribution >= 0.6 is 0 Å². The fraction of sp³-hybridized carbons (Fsp3) is 0.857. The van der Waals surface area contributed by atoms with Crippen LogP contribution in [0.15, 0.2) is 0 Å². The van der Waals surface area contributed by atoms with E-state index < -0.39 is 15.9 Å². The van der Waals surface area contributed by atoms with E-state index in [1.807, 2.05) is 4.72 Å². The SMILES string of the molecule is CS(=O)(=O)NC(=O)[C@@H]1C[C@H]2C[C@H]2N1. The minimum Gasteiger partial charge on any atom is -0.303 e. The maximum atomic E-state index is 11.3. The normalized spacial score (nSPS) is 36.8. The van der Waals surface area contributed by atoms with Gasteiger partial charge in [-0.2, -0.15) is 0 Å². The average Bonchev–Trinajstić information content (AvgIpc) is 2.55. The minimum absolute atomic E-state index is 0.307. The number of sulfonamides is 1. The summed E-state index contributed by atoms with van der Waals surface area (Å²) in [5.74, 6) is 0.171. The Hall–Kier alpha value is -0.620. The number of piperidine rings is 1. The second-order valence-corrected chi connectivity index (χ2v) is 5.54. The van der Waals surface area contributed by atoms with E-state index >= 15 is 0 Å². The van der Waals surface area contributed by atoms with Gasteiger partial charge in [0.25, 0.3) is 5.91 Å². The molecule has 1 saturated heterocycles. The van der Waals surface area contributed by atoms with Gasteiger partial charge in [0, 0.05) is 6.04 Å². The molecule has 1 amide bonds. The first-order chi connectivity index (χ1) is 5.96. The van der Waals surface area contributed by atoms with Gasteiger partial charge in [-0.3, -0.25) is 9.52 Å². The highest BCUT2D eigenvalue weighted by Crippen LogP contribution is 2.40. The van der Waals surface area contributed by atoms with Gasteiger partial charge in [-0.15, -0.1) is 0 Å². The summed E-state index contributed by atoms with van der Waals surface area (Å²) >= 11 is 0. The summed E-state index contributed by atoms with van der Waals surface area (Å²) in [6.45, 7) is 0. The van der Waals surface area contributed by atoms with Crippen molar-refractivity contribution in [1.82, 2.24) is 10.0 Å². The Balaban J connectivity index is 1.91. The van der Waals surface area contributed by atoms with Crippen LogP contribution in [0.4, 0.5) is 0 Å². The average molecular weight is 204 g/mol. The zero-order valence-corrected chi connectivity index (χ0v) is 8.10. The highest BCUT2D eigenvalue weighted by atomic mass is 32.2. The lowest BCUT2D eigenvalue weighted by Crippen LogP contribution is -2.44. The van der Waals surface area contributed by atoms with Crippen LogP contribution in [0.3, 0.4) is 0 Å². The lowest BCUT2D eigenvalue weighted by Gasteiger charge is -2.11. The van der Waals surface area contributed by atoms with Gasteiger partial charge < -0.3 is 5.32 Å². The molecule has 0 aromatic rings. The molecule has 1 aliphatic heterocycles. The number of amides is 1. The molecule has 5 nitrogen and oxygen atoms in total. The Bertz CT molecular complexity index is 328. The molecular weight excluding hydrogens is 192 g/mol. The quantitative estimate of drug-likeness (QED) is 0.593. The van der Waals surface area contributed by atoms with Crippen molar-refractivity contribution in [1.29, 1.82) is 0 Å². The van der Waals surface area contributed by atoms with E-state index in [1.54, 1.807) is 0 Å². The van der Waals surface area contributed by atoms with Gasteiger partial charge in [-0.25, -0.2) is 8.42 Å². The monoisotopic (exact) mass is 204 g/mol. The summed E-state index contributed by atoms with van der Waals surface area (Å²) in [6.07, 6.45) is 2.88. The minimum atomic E-state index is -3.40. The number of fused-ring (bicyclic) bond motifs is 1. The Labute approximate surface area is 76.9 Å². The van der Waals surface area contributed by atoms with Crippen LogP contribution in [-0.2, 0) is 14.8 Å². The third-order valence-electron chi connectivity index (χ3n) is 2.48. The Morgan fingerprint density at radius 3 is 2.62 bits per heavy atom. The smallest absolute Gasteiger partial charge is 0.250 e. The van der Waals surface area contributed by atoms with Crippen molar-refractivity contribution in [3.05, 3.63) is 0 Å². The van der Waals surface area contributed by atoms with E-state index in [4.69, 9.17) is 0 Å². The number of hydrogen-bond donors (Lipinski definition) is 2. The number of carbonyl (C=O) groups excluding carboxylic acids is 1. The molecule has 0 bridgehead atoms. The molecule has 3 atom stereocenters. The molecule has 0 aromatic carbocycles. The van der Waals surface area contributed by atoms with E-state index in [-0.39, 0.29) is 6.04 Å². The summed E-state index contributed by atoms with van der Waals surface area (Å²) in [4.78, 5) is 11.3. The molecule has 0 spiro atoms. The first-order valence-electron chi connectivity index (χ1n) is 4.23. The third kappa shape index (κ3) is 2.00. The second kappa shape index (κ2) is 2.68. The van der Waals surface area contributed by atoms with Crippen LogP contribution in [0.5, 0.6) is 0 Å². The van der Waals surface area contributed by atoms with E-state index in [1.165, 1.54) is 0 Å². The Morgan fingerprint density at radius 2 is 2.15 bits per heavy atom. The number of rotatable bonds is 2. The first kappa shape index (κ1) is 8.96. The van der Waals surface area contributed by atoms with Gasteiger partial charge >= 0.3 is 0 Å². The molecule has 1 aliphatic carbocycles. The summed E-state index contributed by atoms with van der Waals surface area (Å²) in [6, 6.07) is 0.147. The topological polar surface area (TPSA) is 75.3 Å². The zero-order chi connectivity index (χ0) is 9.64. The van der Waals surface area contributed by atoms with Crippen LogP contribution in [0, 0.1) is 5.92 Å². The van der Waals surface area contributed by atoms with Crippen LogP contribution in [0.25, 0.3) is 0 Å². The fourth-order valence-corrected chi connectivity index (χ4v) is 2.29. The van der Waals surface area contributed by atoms with E-state index in [0.29, 0.717) is 12.0 Å². The molecular formula is C7H12N2O3S. The summed E-state index contributed by atoms with van der Waals surface area (Å²) in [5, 5.41) is 3.07. The molecule has 13 heavy (non-hydrogen) atoms. The molecule has 74 valence electrons. The van der Waals surface area contributed by atoms with Crippen molar-refractivity contribution in [2.45, 2.75) is 24.9 Å². The zero-order valence-electron chi connectivity index (χ0n) is 7.28. The highest BCUT2D eigenvalue weighted by Gasteiger charge is 2.48. The van der Waals surface area contributed by atoms with Crippen LogP contribution < -0.4 is 10.0 Å². The van der Waals surface area contributed by atoms with Crippen molar-refractivity contribution in [2.24, 2.45) is 5.92 Å². The Kier molecular flexibility index (Phi) is 1.85. The molecule has 1 heterocycles. The van der Waals surface area contributed by atoms with Crippen molar-refractivity contribution in [3.8, 4) is 0 Å². The highest BCUT2D eigenvalue weighted by molar-refractivity contribution is 7.89. The van der Waals surface area contributed by atoms with Gasteiger partial charge in [-0.05, 0) is 18.8 Å². The van der Waals surface area contributed by atoms with E-state index in [0.717, 1.165) is 19.1 Å². The van der Waals surface area contributed by atoms with Gasteiger partial charge in [0.15, 0.2) is 0 Å². The number of nitrogens with one attached hydrogen (secondary N) is 2. The van der Waals surface area contributed by atoms with Gasteiger partial charge in [0.2, 0.25) is 10.0 Å². The molecule has 6 heteroatoms. The summed E-state index contributed by atoms with van der Waals surface area (Å²) in [5.41, 5.74) is 0. The molecule has 1 saturated carbocycles. The van der Waals surface area contributed by atoms with Crippen LogP contribution in [0.1, 0.15) is 12.8 Å². The number of carbonyl (C=O) groups is 1. The van der Waals surface area contributed by atoms with Crippen molar-refractivity contribution in [2.75, 3.05) is 6.26 Å². The molecule has 0 aromatic heterocycles. The molecule has 2 N–H and O–H groups in total. The van der Waals surface area contributed by atoms with Gasteiger partial charge in [-0.1, -0.05) is 0 Å². The molecule has 0 unspecified atom stereocenters. The van der Waals surface area contributed by atoms with E-state index in [9.17, 15) is 13.2 Å². The third-order valence-corrected chi connectivity index (χ3v) is 3.05. The predicted molar refractivity (Wildman–Crippen MR) is 46.4 cm³/mol. The molecule has 0 radical (unpaired) electrons. The lowest BCUT2D eigenvalue weighted by atomic mass is 10.2. The maximum Gasteiger partial charge on any atom is 0.250 e. The van der Waals surface area contributed by atoms with E-state index in [2.05, 4.69) is 5.32 Å². The Morgan fingerprint density at radius 1 is 1.46 bits per heavy atom. The largest absolute Gasteiger partial charge is 0.303 e. The lowest BCUT2D eigenvalue weighted by molar-refractivity contribution is -0.121. The molecule has 2 aliphatic rings. The second-order valence-electron chi connectivity index (χ2n) is 3.80. The van der Waals surface area contributed by atoms with Crippen LogP contribution in [-0.4, -0.2) is 32.7 Å². The summed E-state index contributed by atoms with van der Waals surface area (Å²) in [7, 11) is -3.40. The number of hydrogen-bond acceptors (Lipinski definition) is 4. The van der Waals surface area contributed by atoms with Crippen LogP contribution in [0.2, 0.25) is 0 Å². The molecule has 2 fully saturated rings. The molecule has 2 rings (SSSR count). The fourth-order valence-electron chi connectivity index (χ4n) is 1.78. The van der Waals surface area contributed by atoms with Gasteiger partial charge in [0.05, 0.1) is 12.3 Å². The predicted octanol–water partition coefficient (Wildman–Crippen LogP) is -1.19. The maximum absolute atomic E-state index is 11.3. The first-order valence-corrected chi connectivity index (χ1v) is 6.12. The summed E-state index contributed by atoms with van der Waals surface area (Å²) < 4.78 is 23.4. The standard InChI is InChI=1S/C7H12N2O3S/c1-13(11,12)9-7(10)6-3-4-2-5(4)8-6/h4-6,8H,2-3H2,1H3,(H,9,10)/t4-,5-,6+/m1/s1.